The lowest BCUT2D eigenvalue weighted by molar-refractivity contribution is 0.102. The first-order chi connectivity index (χ1) is 15.1. The van der Waals surface area contributed by atoms with Gasteiger partial charge in [0.25, 0.3) is 5.91 Å². The van der Waals surface area contributed by atoms with Crippen molar-refractivity contribution in [1.29, 1.82) is 0 Å². The molecule has 1 aliphatic rings. The van der Waals surface area contributed by atoms with E-state index in [1.54, 1.807) is 30.3 Å². The van der Waals surface area contributed by atoms with E-state index in [1.165, 1.54) is 23.5 Å². The molecule has 1 amide bonds. The van der Waals surface area contributed by atoms with Crippen LogP contribution in [0.2, 0.25) is 0 Å². The fraction of sp³-hybridized carbons (Fsp3) is 0.0435. The van der Waals surface area contributed by atoms with Gasteiger partial charge in [0.1, 0.15) is 5.82 Å². The van der Waals surface area contributed by atoms with Gasteiger partial charge >= 0.3 is 0 Å². The average molecular weight is 433 g/mol. The van der Waals surface area contributed by atoms with Gasteiger partial charge in [0.15, 0.2) is 16.6 Å². The summed E-state index contributed by atoms with van der Waals surface area (Å²) in [5, 5.41) is 8.56. The zero-order valence-electron chi connectivity index (χ0n) is 16.1. The number of halogens is 1. The number of benzene rings is 3. The maximum Gasteiger partial charge on any atom is 0.255 e. The topological polar surface area (TPSA) is 72.5 Å². The second-order valence-electron chi connectivity index (χ2n) is 6.77. The van der Waals surface area contributed by atoms with Crippen LogP contribution in [0.4, 0.5) is 20.9 Å². The Bertz CT molecular complexity index is 1260. The zero-order valence-corrected chi connectivity index (χ0v) is 16.9. The standard InChI is InChI=1S/C23H16FN3O3S/c24-16-2-1-3-18(11-16)26-23-27-19(12-31-23)14-4-7-17(8-5-14)25-22(28)15-6-9-20-21(10-15)30-13-29-20/h1-12H,13H2,(H,25,28)(H,26,27). The largest absolute Gasteiger partial charge is 0.454 e. The van der Waals surface area contributed by atoms with Crippen LogP contribution < -0.4 is 20.1 Å². The first-order valence-electron chi connectivity index (χ1n) is 9.44. The van der Waals surface area contributed by atoms with Crippen LogP contribution in [0.15, 0.2) is 72.1 Å². The Morgan fingerprint density at radius 1 is 0.968 bits per heavy atom. The summed E-state index contributed by atoms with van der Waals surface area (Å²) in [5.41, 5.74) is 3.49. The van der Waals surface area contributed by atoms with Gasteiger partial charge in [-0.3, -0.25) is 4.79 Å². The van der Waals surface area contributed by atoms with Gasteiger partial charge in [-0.2, -0.15) is 0 Å². The summed E-state index contributed by atoms with van der Waals surface area (Å²) in [5.74, 6) is 0.658. The number of fused-ring (bicyclic) bond motifs is 1. The van der Waals surface area contributed by atoms with Crippen LogP contribution in [-0.2, 0) is 0 Å². The van der Waals surface area contributed by atoms with Crippen molar-refractivity contribution in [3.63, 3.8) is 0 Å². The van der Waals surface area contributed by atoms with Crippen molar-refractivity contribution in [3.05, 3.63) is 83.5 Å². The van der Waals surface area contributed by atoms with Crippen LogP contribution in [0.25, 0.3) is 11.3 Å². The fourth-order valence-corrected chi connectivity index (χ4v) is 3.86. The molecular weight excluding hydrogens is 417 g/mol. The van der Waals surface area contributed by atoms with Crippen LogP contribution in [-0.4, -0.2) is 17.7 Å². The van der Waals surface area contributed by atoms with Gasteiger partial charge in [0, 0.05) is 27.9 Å². The highest BCUT2D eigenvalue weighted by Crippen LogP contribution is 2.33. The second-order valence-corrected chi connectivity index (χ2v) is 7.63. The highest BCUT2D eigenvalue weighted by atomic mass is 32.1. The number of carbonyl (C=O) groups excluding carboxylic acids is 1. The molecule has 0 aliphatic carbocycles. The van der Waals surface area contributed by atoms with Gasteiger partial charge in [0.05, 0.1) is 5.69 Å². The Balaban J connectivity index is 1.26. The molecule has 0 saturated heterocycles. The predicted molar refractivity (Wildman–Crippen MR) is 118 cm³/mol. The Labute approximate surface area is 181 Å². The van der Waals surface area contributed by atoms with Crippen molar-refractivity contribution in [2.45, 2.75) is 0 Å². The average Bonchev–Trinajstić information content (AvgIpc) is 3.43. The lowest BCUT2D eigenvalue weighted by Gasteiger charge is -2.07. The Hall–Kier alpha value is -3.91. The number of nitrogens with one attached hydrogen (secondary N) is 2. The smallest absolute Gasteiger partial charge is 0.255 e. The lowest BCUT2D eigenvalue weighted by Crippen LogP contribution is -2.11. The molecule has 154 valence electrons. The molecule has 8 heteroatoms. The van der Waals surface area contributed by atoms with Gasteiger partial charge in [-0.1, -0.05) is 18.2 Å². The molecule has 0 atom stereocenters. The summed E-state index contributed by atoms with van der Waals surface area (Å²) in [6.45, 7) is 0.165. The van der Waals surface area contributed by atoms with E-state index in [0.29, 0.717) is 33.6 Å². The molecule has 6 nitrogen and oxygen atoms in total. The summed E-state index contributed by atoms with van der Waals surface area (Å²) in [4.78, 5) is 17.1. The van der Waals surface area contributed by atoms with Crippen LogP contribution in [0, 0.1) is 5.82 Å². The normalized spacial score (nSPS) is 11.9. The molecule has 3 aromatic carbocycles. The quantitative estimate of drug-likeness (QED) is 0.424. The highest BCUT2D eigenvalue weighted by molar-refractivity contribution is 7.14. The van der Waals surface area contributed by atoms with Gasteiger partial charge in [-0.05, 0) is 48.5 Å². The van der Waals surface area contributed by atoms with Gasteiger partial charge in [-0.15, -0.1) is 11.3 Å². The third kappa shape index (κ3) is 4.19. The molecule has 2 N–H and O–H groups in total. The number of anilines is 3. The van der Waals surface area contributed by atoms with Crippen molar-refractivity contribution in [3.8, 4) is 22.8 Å². The minimum Gasteiger partial charge on any atom is -0.454 e. The molecule has 5 rings (SSSR count). The number of amides is 1. The minimum absolute atomic E-state index is 0.165. The third-order valence-electron chi connectivity index (χ3n) is 4.65. The number of hydrogen-bond donors (Lipinski definition) is 2. The summed E-state index contributed by atoms with van der Waals surface area (Å²) in [6, 6.07) is 18.7. The predicted octanol–water partition coefficient (Wildman–Crippen LogP) is 5.67. The molecule has 4 aromatic rings. The van der Waals surface area contributed by atoms with Crippen molar-refractivity contribution in [1.82, 2.24) is 4.98 Å². The van der Waals surface area contributed by atoms with E-state index in [4.69, 9.17) is 9.47 Å². The zero-order chi connectivity index (χ0) is 21.2. The molecule has 2 heterocycles. The van der Waals surface area contributed by atoms with E-state index >= 15 is 0 Å². The second kappa shape index (κ2) is 8.08. The SMILES string of the molecule is O=C(Nc1ccc(-c2csc(Nc3cccc(F)c3)n2)cc1)c1ccc2c(c1)OCO2. The number of hydrogen-bond acceptors (Lipinski definition) is 6. The number of aromatic nitrogens is 1. The summed E-state index contributed by atoms with van der Waals surface area (Å²) < 4.78 is 23.9. The molecule has 0 bridgehead atoms. The van der Waals surface area contributed by atoms with E-state index < -0.39 is 0 Å². The molecule has 0 fully saturated rings. The molecule has 1 aliphatic heterocycles. The van der Waals surface area contributed by atoms with E-state index in [2.05, 4.69) is 15.6 Å². The fourth-order valence-electron chi connectivity index (χ4n) is 3.12. The molecule has 31 heavy (non-hydrogen) atoms. The number of carbonyl (C=O) groups is 1. The van der Waals surface area contributed by atoms with Crippen LogP contribution in [0.3, 0.4) is 0 Å². The van der Waals surface area contributed by atoms with Crippen LogP contribution in [0.1, 0.15) is 10.4 Å². The van der Waals surface area contributed by atoms with Gasteiger partial charge < -0.3 is 20.1 Å². The van der Waals surface area contributed by atoms with Crippen LogP contribution in [0.5, 0.6) is 11.5 Å². The Morgan fingerprint density at radius 2 is 1.81 bits per heavy atom. The first-order valence-corrected chi connectivity index (χ1v) is 10.3. The number of nitrogens with zero attached hydrogens (tertiary/aromatic N) is 1. The van der Waals surface area contributed by atoms with Crippen molar-refractivity contribution in [2.75, 3.05) is 17.4 Å². The van der Waals surface area contributed by atoms with Crippen molar-refractivity contribution >= 4 is 33.8 Å². The van der Waals surface area contributed by atoms with E-state index in [-0.39, 0.29) is 18.5 Å². The van der Waals surface area contributed by atoms with Gasteiger partial charge in [-0.25, -0.2) is 9.37 Å². The monoisotopic (exact) mass is 433 g/mol. The van der Waals surface area contributed by atoms with Crippen molar-refractivity contribution in [2.24, 2.45) is 0 Å². The molecule has 0 unspecified atom stereocenters. The number of thiazole rings is 1. The lowest BCUT2D eigenvalue weighted by atomic mass is 10.1. The van der Waals surface area contributed by atoms with E-state index in [1.807, 2.05) is 29.6 Å². The molecule has 1 aromatic heterocycles. The molecule has 0 radical (unpaired) electrons. The maximum absolute atomic E-state index is 13.3. The van der Waals surface area contributed by atoms with E-state index in [0.717, 1.165) is 11.3 Å². The van der Waals surface area contributed by atoms with Crippen LogP contribution >= 0.6 is 11.3 Å². The summed E-state index contributed by atoms with van der Waals surface area (Å²) in [7, 11) is 0. The maximum atomic E-state index is 13.3. The third-order valence-corrected chi connectivity index (χ3v) is 5.41. The summed E-state index contributed by atoms with van der Waals surface area (Å²) in [6.07, 6.45) is 0. The van der Waals surface area contributed by atoms with E-state index in [9.17, 15) is 9.18 Å². The minimum atomic E-state index is -0.305. The van der Waals surface area contributed by atoms with Crippen molar-refractivity contribution < 1.29 is 18.7 Å². The molecule has 0 spiro atoms. The number of rotatable bonds is 5. The summed E-state index contributed by atoms with van der Waals surface area (Å²) >= 11 is 1.43. The number of ether oxygens (including phenoxy) is 2. The van der Waals surface area contributed by atoms with Gasteiger partial charge in [0.2, 0.25) is 6.79 Å². The molecular formula is C23H16FN3O3S. The Kier molecular flexibility index (Phi) is 4.97. The molecule has 0 saturated carbocycles. The highest BCUT2D eigenvalue weighted by Gasteiger charge is 2.16. The first kappa shape index (κ1) is 19.1. The Morgan fingerprint density at radius 3 is 2.65 bits per heavy atom.